The van der Waals surface area contributed by atoms with Crippen LogP contribution in [0.15, 0.2) is 36.5 Å². The predicted molar refractivity (Wildman–Crippen MR) is 80.6 cm³/mol. The van der Waals surface area contributed by atoms with Crippen LogP contribution in [0.3, 0.4) is 0 Å². The largest absolute Gasteiger partial charge is 0.481 e. The predicted octanol–water partition coefficient (Wildman–Crippen LogP) is 1.99. The topological polar surface area (TPSA) is 63.2 Å². The Bertz CT molecular complexity index is 670. The van der Waals surface area contributed by atoms with E-state index in [1.54, 1.807) is 13.3 Å². The van der Waals surface area contributed by atoms with Gasteiger partial charge in [0.15, 0.2) is 0 Å². The first-order valence-electron chi connectivity index (χ1n) is 6.91. The molecule has 1 aromatic carbocycles. The highest BCUT2D eigenvalue weighted by Gasteiger charge is 2.13. The van der Waals surface area contributed by atoms with E-state index < -0.39 is 0 Å². The summed E-state index contributed by atoms with van der Waals surface area (Å²) in [7, 11) is 1.57. The number of rotatable bonds is 4. The average molecular weight is 283 g/mol. The maximum Gasteiger partial charge on any atom is 0.251 e. The number of ether oxygens (including phenoxy) is 1. The van der Waals surface area contributed by atoms with E-state index in [0.29, 0.717) is 18.0 Å². The van der Waals surface area contributed by atoms with Gasteiger partial charge in [-0.1, -0.05) is 12.1 Å². The van der Waals surface area contributed by atoms with Gasteiger partial charge in [-0.25, -0.2) is 4.98 Å². The first-order valence-corrected chi connectivity index (χ1v) is 6.91. The van der Waals surface area contributed by atoms with E-state index in [1.807, 2.05) is 30.3 Å². The van der Waals surface area contributed by atoms with Gasteiger partial charge in [0.05, 0.1) is 7.11 Å². The third-order valence-corrected chi connectivity index (χ3v) is 3.56. The van der Waals surface area contributed by atoms with Gasteiger partial charge in [-0.15, -0.1) is 0 Å². The maximum absolute atomic E-state index is 12.2. The van der Waals surface area contributed by atoms with Crippen LogP contribution >= 0.6 is 0 Å². The summed E-state index contributed by atoms with van der Waals surface area (Å²) in [6.07, 6.45) is 2.68. The second kappa shape index (κ2) is 5.83. The van der Waals surface area contributed by atoms with Gasteiger partial charge < -0.3 is 15.4 Å². The zero-order valence-corrected chi connectivity index (χ0v) is 11.8. The van der Waals surface area contributed by atoms with Gasteiger partial charge in [0, 0.05) is 36.1 Å². The summed E-state index contributed by atoms with van der Waals surface area (Å²) in [6.45, 7) is 1.33. The molecule has 5 heteroatoms. The molecule has 0 atom stereocenters. The second-order valence-corrected chi connectivity index (χ2v) is 4.90. The Kier molecular flexibility index (Phi) is 3.73. The minimum absolute atomic E-state index is 0.0996. The lowest BCUT2D eigenvalue weighted by molar-refractivity contribution is 0.0950. The molecule has 0 bridgehead atoms. The van der Waals surface area contributed by atoms with E-state index in [-0.39, 0.29) is 5.91 Å². The molecule has 0 saturated carbocycles. The van der Waals surface area contributed by atoms with Crippen molar-refractivity contribution in [2.24, 2.45) is 0 Å². The fourth-order valence-electron chi connectivity index (χ4n) is 2.45. The fraction of sp³-hybridized carbons (Fsp3) is 0.250. The van der Waals surface area contributed by atoms with E-state index in [1.165, 1.54) is 5.56 Å². The zero-order valence-electron chi connectivity index (χ0n) is 11.8. The first-order chi connectivity index (χ1) is 10.3. The first kappa shape index (κ1) is 13.4. The van der Waals surface area contributed by atoms with Gasteiger partial charge in [0.1, 0.15) is 0 Å². The molecule has 1 aromatic heterocycles. The quantitative estimate of drug-likeness (QED) is 0.900. The summed E-state index contributed by atoms with van der Waals surface area (Å²) in [5, 5.41) is 6.17. The molecule has 2 aromatic rings. The summed E-state index contributed by atoms with van der Waals surface area (Å²) >= 11 is 0. The van der Waals surface area contributed by atoms with Crippen molar-refractivity contribution < 1.29 is 9.53 Å². The highest BCUT2D eigenvalue weighted by molar-refractivity contribution is 5.95. The van der Waals surface area contributed by atoms with Crippen molar-refractivity contribution in [2.75, 3.05) is 19.0 Å². The number of pyridine rings is 1. The van der Waals surface area contributed by atoms with Crippen LogP contribution in [0.2, 0.25) is 0 Å². The number of nitrogens with zero attached hydrogens (tertiary/aromatic N) is 1. The molecule has 21 heavy (non-hydrogen) atoms. The number of aromatic nitrogens is 1. The van der Waals surface area contributed by atoms with Gasteiger partial charge in [-0.3, -0.25) is 4.79 Å². The molecule has 0 unspecified atom stereocenters. The van der Waals surface area contributed by atoms with Crippen molar-refractivity contribution in [1.82, 2.24) is 10.3 Å². The summed E-state index contributed by atoms with van der Waals surface area (Å²) < 4.78 is 5.17. The Morgan fingerprint density at radius 1 is 1.43 bits per heavy atom. The highest BCUT2D eigenvalue weighted by atomic mass is 16.5. The zero-order chi connectivity index (χ0) is 14.7. The molecule has 0 saturated heterocycles. The molecule has 1 aliphatic heterocycles. The molecule has 5 nitrogen and oxygen atoms in total. The van der Waals surface area contributed by atoms with Crippen LogP contribution in [0.5, 0.6) is 5.88 Å². The van der Waals surface area contributed by atoms with E-state index in [9.17, 15) is 4.79 Å². The number of anilines is 1. The summed E-state index contributed by atoms with van der Waals surface area (Å²) in [4.78, 5) is 16.3. The number of carbonyl (C=O) groups excluding carboxylic acids is 1. The minimum Gasteiger partial charge on any atom is -0.481 e. The fourth-order valence-corrected chi connectivity index (χ4v) is 2.45. The Labute approximate surface area is 123 Å². The Morgan fingerprint density at radius 2 is 2.33 bits per heavy atom. The summed E-state index contributed by atoms with van der Waals surface area (Å²) in [6, 6.07) is 9.48. The number of carbonyl (C=O) groups is 1. The molecule has 0 aliphatic carbocycles. The third kappa shape index (κ3) is 2.81. The highest BCUT2D eigenvalue weighted by Crippen LogP contribution is 2.23. The van der Waals surface area contributed by atoms with Crippen molar-refractivity contribution in [3.05, 3.63) is 53.2 Å². The lowest BCUT2D eigenvalue weighted by Crippen LogP contribution is -2.23. The number of benzene rings is 1. The standard InChI is InChI=1S/C16H17N3O2/c1-21-16-13(3-2-7-18-16)10-19-15(20)12-5-4-11-6-8-17-14(11)9-12/h2-5,7,9,17H,6,8,10H2,1H3,(H,19,20). The van der Waals surface area contributed by atoms with Gasteiger partial charge in [-0.05, 0) is 30.2 Å². The van der Waals surface area contributed by atoms with Crippen molar-refractivity contribution in [2.45, 2.75) is 13.0 Å². The second-order valence-electron chi connectivity index (χ2n) is 4.90. The molecule has 3 rings (SSSR count). The van der Waals surface area contributed by atoms with Gasteiger partial charge in [-0.2, -0.15) is 0 Å². The number of methoxy groups -OCH3 is 1. The van der Waals surface area contributed by atoms with Crippen molar-refractivity contribution >= 4 is 11.6 Å². The molecular weight excluding hydrogens is 266 g/mol. The number of amides is 1. The molecule has 0 spiro atoms. The molecule has 1 amide bonds. The molecular formula is C16H17N3O2. The number of nitrogens with one attached hydrogen (secondary N) is 2. The van der Waals surface area contributed by atoms with Crippen LogP contribution < -0.4 is 15.4 Å². The van der Waals surface area contributed by atoms with Crippen LogP contribution in [0.1, 0.15) is 21.5 Å². The Hall–Kier alpha value is -2.56. The van der Waals surface area contributed by atoms with Crippen LogP contribution in [-0.4, -0.2) is 24.5 Å². The van der Waals surface area contributed by atoms with E-state index in [4.69, 9.17) is 4.74 Å². The summed E-state index contributed by atoms with van der Waals surface area (Å²) in [5.41, 5.74) is 3.83. The Morgan fingerprint density at radius 3 is 3.19 bits per heavy atom. The van der Waals surface area contributed by atoms with Crippen LogP contribution in [0.4, 0.5) is 5.69 Å². The Balaban J connectivity index is 1.69. The average Bonchev–Trinajstić information content (AvgIpc) is 3.00. The van der Waals surface area contributed by atoms with Gasteiger partial charge >= 0.3 is 0 Å². The smallest absolute Gasteiger partial charge is 0.251 e. The normalized spacial score (nSPS) is 12.4. The molecule has 0 fully saturated rings. The molecule has 108 valence electrons. The lowest BCUT2D eigenvalue weighted by atomic mass is 10.1. The van der Waals surface area contributed by atoms with Gasteiger partial charge in [0.25, 0.3) is 5.91 Å². The van der Waals surface area contributed by atoms with E-state index in [2.05, 4.69) is 15.6 Å². The van der Waals surface area contributed by atoms with Crippen molar-refractivity contribution in [3.8, 4) is 5.88 Å². The summed E-state index contributed by atoms with van der Waals surface area (Å²) in [5.74, 6) is 0.436. The number of hydrogen-bond donors (Lipinski definition) is 2. The third-order valence-electron chi connectivity index (χ3n) is 3.56. The van der Waals surface area contributed by atoms with Crippen LogP contribution in [0.25, 0.3) is 0 Å². The van der Waals surface area contributed by atoms with Crippen LogP contribution in [0, 0.1) is 0 Å². The van der Waals surface area contributed by atoms with Crippen LogP contribution in [-0.2, 0) is 13.0 Å². The molecule has 2 heterocycles. The molecule has 0 radical (unpaired) electrons. The van der Waals surface area contributed by atoms with Crippen molar-refractivity contribution in [3.63, 3.8) is 0 Å². The maximum atomic E-state index is 12.2. The lowest BCUT2D eigenvalue weighted by Gasteiger charge is -2.09. The SMILES string of the molecule is COc1ncccc1CNC(=O)c1ccc2c(c1)NCC2. The number of fused-ring (bicyclic) bond motifs is 1. The van der Waals surface area contributed by atoms with E-state index in [0.717, 1.165) is 24.2 Å². The van der Waals surface area contributed by atoms with E-state index >= 15 is 0 Å². The molecule has 1 aliphatic rings. The monoisotopic (exact) mass is 283 g/mol. The van der Waals surface area contributed by atoms with Gasteiger partial charge in [0.2, 0.25) is 5.88 Å². The number of hydrogen-bond acceptors (Lipinski definition) is 4. The minimum atomic E-state index is -0.0996. The van der Waals surface area contributed by atoms with Crippen molar-refractivity contribution in [1.29, 1.82) is 0 Å². The molecule has 2 N–H and O–H groups in total.